The Labute approximate surface area is 119 Å². The highest BCUT2D eigenvalue weighted by atomic mass is 79.9. The molecule has 3 nitrogen and oxygen atoms in total. The minimum absolute atomic E-state index is 0.0111. The zero-order chi connectivity index (χ0) is 13.0. The molecule has 18 heavy (non-hydrogen) atoms. The Morgan fingerprint density at radius 1 is 1.28 bits per heavy atom. The molecule has 1 unspecified atom stereocenters. The topological polar surface area (TPSA) is 47.3 Å². The zero-order valence-electron chi connectivity index (χ0n) is 10.0. The molecule has 5 heteroatoms. The number of nitrogens with one attached hydrogen (secondary N) is 1. The molecule has 3 N–H and O–H groups in total. The number of ether oxygens (including phenoxy) is 1. The van der Waals surface area contributed by atoms with Crippen molar-refractivity contribution in [1.82, 2.24) is 5.43 Å². The molecule has 0 radical (unpaired) electrons. The molecule has 0 fully saturated rings. The van der Waals surface area contributed by atoms with E-state index in [1.807, 2.05) is 37.3 Å². The molecule has 96 valence electrons. The Kier molecular flexibility index (Phi) is 4.77. The van der Waals surface area contributed by atoms with Crippen molar-refractivity contribution >= 4 is 27.3 Å². The van der Waals surface area contributed by atoms with Crippen molar-refractivity contribution in [3.63, 3.8) is 0 Å². The molecule has 0 amide bonds. The van der Waals surface area contributed by atoms with E-state index in [2.05, 4.69) is 27.4 Å². The summed E-state index contributed by atoms with van der Waals surface area (Å²) in [5, 5.41) is 0. The normalized spacial score (nSPS) is 12.4. The van der Waals surface area contributed by atoms with Gasteiger partial charge >= 0.3 is 0 Å². The number of thiophene rings is 1. The second-order valence-electron chi connectivity index (χ2n) is 3.74. The third-order valence-corrected chi connectivity index (χ3v) is 4.26. The number of benzene rings is 1. The molecule has 0 saturated carbocycles. The van der Waals surface area contributed by atoms with Crippen LogP contribution in [0, 0.1) is 0 Å². The maximum absolute atomic E-state index is 5.65. The van der Waals surface area contributed by atoms with Crippen LogP contribution in [0.2, 0.25) is 0 Å². The van der Waals surface area contributed by atoms with Gasteiger partial charge in [-0.1, -0.05) is 12.1 Å². The van der Waals surface area contributed by atoms with Crippen LogP contribution in [-0.4, -0.2) is 6.61 Å². The van der Waals surface area contributed by atoms with Crippen LogP contribution in [0.15, 0.2) is 40.2 Å². The summed E-state index contributed by atoms with van der Waals surface area (Å²) in [5.41, 5.74) is 3.97. The van der Waals surface area contributed by atoms with Crippen molar-refractivity contribution in [3.8, 4) is 5.75 Å². The molecule has 0 aliphatic heterocycles. The zero-order valence-corrected chi connectivity index (χ0v) is 12.4. The quantitative estimate of drug-likeness (QED) is 0.653. The lowest BCUT2D eigenvalue weighted by atomic mass is 10.1. The third kappa shape index (κ3) is 3.11. The van der Waals surface area contributed by atoms with E-state index in [0.717, 1.165) is 15.1 Å². The highest BCUT2D eigenvalue weighted by Crippen LogP contribution is 2.31. The van der Waals surface area contributed by atoms with Crippen molar-refractivity contribution in [2.24, 2.45) is 5.84 Å². The molecule has 1 aromatic carbocycles. The Morgan fingerprint density at radius 3 is 2.50 bits per heavy atom. The first-order chi connectivity index (χ1) is 8.74. The van der Waals surface area contributed by atoms with Crippen LogP contribution in [0.5, 0.6) is 5.75 Å². The van der Waals surface area contributed by atoms with Crippen LogP contribution >= 0.6 is 27.3 Å². The van der Waals surface area contributed by atoms with Gasteiger partial charge in [-0.05, 0) is 52.7 Å². The lowest BCUT2D eigenvalue weighted by Crippen LogP contribution is -2.28. The summed E-state index contributed by atoms with van der Waals surface area (Å²) < 4.78 is 6.53. The molecule has 1 atom stereocenters. The molecule has 1 heterocycles. The average molecular weight is 327 g/mol. The Bertz CT molecular complexity index is 498. The van der Waals surface area contributed by atoms with E-state index < -0.39 is 0 Å². The van der Waals surface area contributed by atoms with Crippen molar-refractivity contribution < 1.29 is 4.74 Å². The van der Waals surface area contributed by atoms with Gasteiger partial charge in [0, 0.05) is 4.88 Å². The van der Waals surface area contributed by atoms with Gasteiger partial charge in [0.2, 0.25) is 0 Å². The van der Waals surface area contributed by atoms with Gasteiger partial charge in [-0.15, -0.1) is 11.3 Å². The van der Waals surface area contributed by atoms with E-state index in [-0.39, 0.29) is 6.04 Å². The molecule has 0 aliphatic rings. The maximum atomic E-state index is 5.65. The lowest BCUT2D eigenvalue weighted by molar-refractivity contribution is 0.340. The van der Waals surface area contributed by atoms with Crippen LogP contribution in [0.25, 0.3) is 0 Å². The molecule has 0 bridgehead atoms. The van der Waals surface area contributed by atoms with E-state index in [9.17, 15) is 0 Å². The molecule has 0 aliphatic carbocycles. The molecule has 0 spiro atoms. The summed E-state index contributed by atoms with van der Waals surface area (Å²) in [6.07, 6.45) is 0. The number of hydrazine groups is 1. The minimum atomic E-state index is 0.0111. The van der Waals surface area contributed by atoms with Crippen LogP contribution in [0.1, 0.15) is 23.4 Å². The van der Waals surface area contributed by atoms with E-state index in [1.165, 1.54) is 4.88 Å². The van der Waals surface area contributed by atoms with Crippen molar-refractivity contribution in [1.29, 1.82) is 0 Å². The molecule has 2 rings (SSSR count). The fraction of sp³-hybridized carbons (Fsp3) is 0.231. The maximum Gasteiger partial charge on any atom is 0.119 e. The van der Waals surface area contributed by atoms with Gasteiger partial charge in [-0.25, -0.2) is 5.43 Å². The SMILES string of the molecule is CCOc1ccc(C(NN)c2ccc(Br)s2)cc1. The fourth-order valence-electron chi connectivity index (χ4n) is 1.75. The Balaban J connectivity index is 2.22. The van der Waals surface area contributed by atoms with Gasteiger partial charge in [-0.2, -0.15) is 0 Å². The number of hydrogen-bond donors (Lipinski definition) is 2. The first kappa shape index (κ1) is 13.5. The highest BCUT2D eigenvalue weighted by molar-refractivity contribution is 9.11. The van der Waals surface area contributed by atoms with E-state index >= 15 is 0 Å². The fourth-order valence-corrected chi connectivity index (χ4v) is 3.26. The van der Waals surface area contributed by atoms with Crippen LogP contribution in [0.3, 0.4) is 0 Å². The smallest absolute Gasteiger partial charge is 0.119 e. The number of halogens is 1. The summed E-state index contributed by atoms with van der Waals surface area (Å²) in [4.78, 5) is 1.17. The van der Waals surface area contributed by atoms with E-state index in [4.69, 9.17) is 10.6 Å². The van der Waals surface area contributed by atoms with Gasteiger partial charge in [-0.3, -0.25) is 5.84 Å². The largest absolute Gasteiger partial charge is 0.494 e. The molecular formula is C13H15BrN2OS. The van der Waals surface area contributed by atoms with Crippen LogP contribution in [0.4, 0.5) is 0 Å². The predicted molar refractivity (Wildman–Crippen MR) is 78.8 cm³/mol. The van der Waals surface area contributed by atoms with E-state index in [1.54, 1.807) is 11.3 Å². The number of nitrogens with two attached hydrogens (primary N) is 1. The van der Waals surface area contributed by atoms with Crippen LogP contribution < -0.4 is 16.0 Å². The lowest BCUT2D eigenvalue weighted by Gasteiger charge is -2.15. The minimum Gasteiger partial charge on any atom is -0.494 e. The van der Waals surface area contributed by atoms with Gasteiger partial charge in [0.1, 0.15) is 5.75 Å². The Morgan fingerprint density at radius 2 is 2.00 bits per heavy atom. The van der Waals surface area contributed by atoms with Crippen molar-refractivity contribution in [2.45, 2.75) is 13.0 Å². The second-order valence-corrected chi connectivity index (χ2v) is 6.24. The average Bonchev–Trinajstić information content (AvgIpc) is 2.79. The second kappa shape index (κ2) is 6.33. The monoisotopic (exact) mass is 326 g/mol. The van der Waals surface area contributed by atoms with Crippen molar-refractivity contribution in [3.05, 3.63) is 50.6 Å². The van der Waals surface area contributed by atoms with E-state index in [0.29, 0.717) is 6.61 Å². The van der Waals surface area contributed by atoms with Crippen molar-refractivity contribution in [2.75, 3.05) is 6.61 Å². The standard InChI is InChI=1S/C13H15BrN2OS/c1-2-17-10-5-3-9(4-6-10)13(16-15)11-7-8-12(14)18-11/h3-8,13,16H,2,15H2,1H3. The first-order valence-electron chi connectivity index (χ1n) is 5.68. The van der Waals surface area contributed by atoms with Gasteiger partial charge in [0.05, 0.1) is 16.4 Å². The van der Waals surface area contributed by atoms with Gasteiger partial charge in [0.25, 0.3) is 0 Å². The summed E-state index contributed by atoms with van der Waals surface area (Å²) in [6, 6.07) is 12.1. The van der Waals surface area contributed by atoms with Crippen LogP contribution in [-0.2, 0) is 0 Å². The summed E-state index contributed by atoms with van der Waals surface area (Å²) in [6.45, 7) is 2.65. The van der Waals surface area contributed by atoms with Gasteiger partial charge in [0.15, 0.2) is 0 Å². The van der Waals surface area contributed by atoms with Gasteiger partial charge < -0.3 is 4.74 Å². The summed E-state index contributed by atoms with van der Waals surface area (Å²) in [7, 11) is 0. The molecule has 0 saturated heterocycles. The molecular weight excluding hydrogens is 312 g/mol. The molecule has 1 aromatic heterocycles. The number of hydrogen-bond acceptors (Lipinski definition) is 4. The molecule has 2 aromatic rings. The number of rotatable bonds is 5. The predicted octanol–water partition coefficient (Wildman–Crippen LogP) is 3.46. The Hall–Kier alpha value is -0.880. The highest BCUT2D eigenvalue weighted by Gasteiger charge is 2.14. The first-order valence-corrected chi connectivity index (χ1v) is 7.29. The summed E-state index contributed by atoms with van der Waals surface area (Å²) in [5.74, 6) is 6.53. The summed E-state index contributed by atoms with van der Waals surface area (Å²) >= 11 is 5.14. The third-order valence-electron chi connectivity index (χ3n) is 2.57.